The molecule has 2 amide bonds. The molecule has 0 aliphatic rings. The molecular weight excluding hydrogens is 398 g/mol. The number of nitrogens with one attached hydrogen (secondary N) is 2. The Hall–Kier alpha value is -3.06. The molecule has 0 saturated carbocycles. The van der Waals surface area contributed by atoms with Crippen LogP contribution in [0, 0.1) is 11.8 Å². The highest BCUT2D eigenvalue weighted by Gasteiger charge is 2.30. The number of carbonyl (C=O) groups excluding carboxylic acids is 3. The molecule has 0 aliphatic carbocycles. The van der Waals surface area contributed by atoms with E-state index in [1.165, 1.54) is 7.11 Å². The van der Waals surface area contributed by atoms with Gasteiger partial charge in [-0.05, 0) is 42.2 Å². The minimum Gasteiger partial charge on any atom is -0.467 e. The Kier molecular flexibility index (Phi) is 11.1. The van der Waals surface area contributed by atoms with Crippen molar-refractivity contribution in [3.05, 3.63) is 46.3 Å². The number of nitrogens with zero attached hydrogens (tertiary/aromatic N) is 3. The third-order valence-corrected chi connectivity index (χ3v) is 4.61. The van der Waals surface area contributed by atoms with Crippen molar-refractivity contribution in [1.29, 1.82) is 0 Å². The number of hydrogen-bond acceptors (Lipinski definition) is 5. The number of benzene rings is 1. The van der Waals surface area contributed by atoms with E-state index < -0.39 is 35.9 Å². The van der Waals surface area contributed by atoms with Gasteiger partial charge in [0.25, 0.3) is 0 Å². The molecule has 0 aromatic heterocycles. The Morgan fingerprint density at radius 2 is 1.52 bits per heavy atom. The van der Waals surface area contributed by atoms with Gasteiger partial charge in [-0.3, -0.25) is 9.59 Å². The number of rotatable bonds is 12. The zero-order valence-corrected chi connectivity index (χ0v) is 18.9. The third-order valence-electron chi connectivity index (χ3n) is 4.61. The van der Waals surface area contributed by atoms with Gasteiger partial charge in [-0.1, -0.05) is 63.1 Å². The summed E-state index contributed by atoms with van der Waals surface area (Å²) >= 11 is 0. The molecule has 1 aromatic rings. The Labute approximate surface area is 183 Å². The van der Waals surface area contributed by atoms with Gasteiger partial charge < -0.3 is 15.4 Å². The summed E-state index contributed by atoms with van der Waals surface area (Å²) in [7, 11) is 1.27. The lowest BCUT2D eigenvalue weighted by molar-refractivity contribution is -0.146. The van der Waals surface area contributed by atoms with Gasteiger partial charge in [0, 0.05) is 4.91 Å². The Bertz CT molecular complexity index is 775. The molecule has 1 rings (SSSR count). The Morgan fingerprint density at radius 1 is 0.968 bits per heavy atom. The van der Waals surface area contributed by atoms with Gasteiger partial charge in [0.05, 0.1) is 7.11 Å². The fourth-order valence-electron chi connectivity index (χ4n) is 3.16. The molecule has 170 valence electrons. The number of esters is 1. The largest absolute Gasteiger partial charge is 0.467 e. The van der Waals surface area contributed by atoms with Crippen molar-refractivity contribution in [2.24, 2.45) is 17.0 Å². The van der Waals surface area contributed by atoms with Gasteiger partial charge in [-0.25, -0.2) is 4.79 Å². The second-order valence-electron chi connectivity index (χ2n) is 8.32. The molecule has 0 bridgehead atoms. The van der Waals surface area contributed by atoms with Crippen LogP contribution in [0.25, 0.3) is 10.4 Å². The molecule has 0 saturated heterocycles. The number of methoxy groups -OCH3 is 1. The Balaban J connectivity index is 2.97. The monoisotopic (exact) mass is 431 g/mol. The van der Waals surface area contributed by atoms with E-state index in [-0.39, 0.29) is 18.3 Å². The molecule has 2 N–H and O–H groups in total. The van der Waals surface area contributed by atoms with E-state index in [2.05, 4.69) is 20.7 Å². The smallest absolute Gasteiger partial charge is 0.328 e. The number of azide groups is 1. The first-order chi connectivity index (χ1) is 14.7. The summed E-state index contributed by atoms with van der Waals surface area (Å²) in [6, 6.07) is 6.50. The first-order valence-electron chi connectivity index (χ1n) is 10.4. The Morgan fingerprint density at radius 3 is 2.03 bits per heavy atom. The summed E-state index contributed by atoms with van der Waals surface area (Å²) in [6.07, 6.45) is 0.989. The van der Waals surface area contributed by atoms with Crippen LogP contribution >= 0.6 is 0 Å². The van der Waals surface area contributed by atoms with Crippen LogP contribution in [0.1, 0.15) is 46.1 Å². The second kappa shape index (κ2) is 13.3. The van der Waals surface area contributed by atoms with E-state index in [0.717, 1.165) is 5.56 Å². The summed E-state index contributed by atoms with van der Waals surface area (Å²) in [5, 5.41) is 9.02. The van der Waals surface area contributed by atoms with Crippen LogP contribution in [-0.4, -0.2) is 43.0 Å². The predicted octanol–water partition coefficient (Wildman–Crippen LogP) is 3.14. The minimum absolute atomic E-state index is 0.102. The summed E-state index contributed by atoms with van der Waals surface area (Å²) in [6.45, 7) is 7.72. The molecule has 0 aliphatic heterocycles. The zero-order chi connectivity index (χ0) is 23.4. The summed E-state index contributed by atoms with van der Waals surface area (Å²) in [4.78, 5) is 40.6. The third kappa shape index (κ3) is 9.53. The van der Waals surface area contributed by atoms with E-state index in [1.807, 2.05) is 58.0 Å². The minimum atomic E-state index is -0.998. The average molecular weight is 432 g/mol. The topological polar surface area (TPSA) is 133 Å². The maximum absolute atomic E-state index is 12.9. The van der Waals surface area contributed by atoms with Crippen molar-refractivity contribution >= 4 is 17.8 Å². The molecule has 0 fully saturated rings. The van der Waals surface area contributed by atoms with E-state index in [4.69, 9.17) is 10.3 Å². The highest BCUT2D eigenvalue weighted by atomic mass is 16.5. The van der Waals surface area contributed by atoms with Gasteiger partial charge >= 0.3 is 5.97 Å². The van der Waals surface area contributed by atoms with Crippen molar-refractivity contribution in [2.75, 3.05) is 7.11 Å². The van der Waals surface area contributed by atoms with Crippen molar-refractivity contribution in [3.63, 3.8) is 0 Å². The molecule has 9 heteroatoms. The molecule has 0 heterocycles. The standard InChI is InChI=1S/C22H33N5O4/c1-14(2)11-17(20(28)25-19(12-15(3)4)22(30)31-5)24-21(29)18(26-27-23)13-16-9-7-6-8-10-16/h6-10,14-15,17-19H,11-13H2,1-5H3,(H,24,29)(H,25,28)/t17-,18-,19-/m0/s1. The summed E-state index contributed by atoms with van der Waals surface area (Å²) in [5.74, 6) is -1.29. The zero-order valence-electron chi connectivity index (χ0n) is 18.9. The van der Waals surface area contributed by atoms with Crippen molar-refractivity contribution in [1.82, 2.24) is 10.6 Å². The lowest BCUT2D eigenvalue weighted by Crippen LogP contribution is -2.54. The lowest BCUT2D eigenvalue weighted by atomic mass is 9.99. The van der Waals surface area contributed by atoms with Crippen LogP contribution in [0.4, 0.5) is 0 Å². The van der Waals surface area contributed by atoms with E-state index in [0.29, 0.717) is 12.8 Å². The van der Waals surface area contributed by atoms with E-state index in [1.54, 1.807) is 0 Å². The van der Waals surface area contributed by atoms with Crippen LogP contribution in [0.15, 0.2) is 35.4 Å². The number of amides is 2. The van der Waals surface area contributed by atoms with Crippen LogP contribution in [0.5, 0.6) is 0 Å². The fourth-order valence-corrected chi connectivity index (χ4v) is 3.16. The van der Waals surface area contributed by atoms with Crippen LogP contribution in [0.3, 0.4) is 0 Å². The maximum atomic E-state index is 12.9. The van der Waals surface area contributed by atoms with Crippen molar-refractivity contribution in [3.8, 4) is 0 Å². The van der Waals surface area contributed by atoms with Gasteiger partial charge in [0.2, 0.25) is 11.8 Å². The first kappa shape index (κ1) is 26.0. The van der Waals surface area contributed by atoms with E-state index in [9.17, 15) is 14.4 Å². The normalized spacial score (nSPS) is 13.6. The molecule has 1 aromatic carbocycles. The lowest BCUT2D eigenvalue weighted by Gasteiger charge is -2.25. The maximum Gasteiger partial charge on any atom is 0.328 e. The van der Waals surface area contributed by atoms with Crippen LogP contribution in [-0.2, 0) is 25.5 Å². The molecule has 31 heavy (non-hydrogen) atoms. The molecule has 0 unspecified atom stereocenters. The van der Waals surface area contributed by atoms with Crippen molar-refractivity contribution in [2.45, 2.75) is 65.1 Å². The second-order valence-corrected chi connectivity index (χ2v) is 8.32. The summed E-state index contributed by atoms with van der Waals surface area (Å²) in [5.41, 5.74) is 9.73. The molecule has 9 nitrogen and oxygen atoms in total. The number of carbonyl (C=O) groups is 3. The first-order valence-corrected chi connectivity index (χ1v) is 10.4. The van der Waals surface area contributed by atoms with Crippen molar-refractivity contribution < 1.29 is 19.1 Å². The number of ether oxygens (including phenoxy) is 1. The quantitative estimate of drug-likeness (QED) is 0.227. The summed E-state index contributed by atoms with van der Waals surface area (Å²) < 4.78 is 4.80. The van der Waals surface area contributed by atoms with Crippen LogP contribution in [0.2, 0.25) is 0 Å². The fraction of sp³-hybridized carbons (Fsp3) is 0.591. The molecule has 0 spiro atoms. The molecule has 0 radical (unpaired) electrons. The van der Waals surface area contributed by atoms with E-state index >= 15 is 0 Å². The predicted molar refractivity (Wildman–Crippen MR) is 118 cm³/mol. The van der Waals surface area contributed by atoms with Gasteiger partial charge in [0.1, 0.15) is 18.1 Å². The molecular formula is C22H33N5O4. The average Bonchev–Trinajstić information content (AvgIpc) is 2.71. The molecule has 3 atom stereocenters. The van der Waals surface area contributed by atoms with Crippen LogP contribution < -0.4 is 10.6 Å². The number of hydrogen-bond donors (Lipinski definition) is 2. The highest BCUT2D eigenvalue weighted by Crippen LogP contribution is 2.12. The highest BCUT2D eigenvalue weighted by molar-refractivity contribution is 5.92. The van der Waals surface area contributed by atoms with Gasteiger partial charge in [0.15, 0.2) is 0 Å². The van der Waals surface area contributed by atoms with Gasteiger partial charge in [-0.15, -0.1) is 0 Å². The van der Waals surface area contributed by atoms with Gasteiger partial charge in [-0.2, -0.15) is 0 Å². The SMILES string of the molecule is COC(=O)[C@H](CC(C)C)NC(=O)[C@H](CC(C)C)NC(=O)[C@H](Cc1ccccc1)N=[N+]=[N-].